The summed E-state index contributed by atoms with van der Waals surface area (Å²) in [5.41, 5.74) is 2.21. The van der Waals surface area contributed by atoms with Crippen molar-refractivity contribution in [3.63, 3.8) is 0 Å². The van der Waals surface area contributed by atoms with Crippen LogP contribution in [0.25, 0.3) is 0 Å². The van der Waals surface area contributed by atoms with E-state index in [0.717, 1.165) is 18.7 Å². The summed E-state index contributed by atoms with van der Waals surface area (Å²) in [4.78, 5) is 13.5. The Bertz CT molecular complexity index is 409. The second-order valence-electron chi connectivity index (χ2n) is 4.97. The Morgan fingerprint density at radius 1 is 1.12 bits per heavy atom. The Labute approximate surface area is 102 Å². The molecule has 3 heteroatoms. The lowest BCUT2D eigenvalue weighted by molar-refractivity contribution is -0.117. The molecule has 1 aliphatic heterocycles. The lowest BCUT2D eigenvalue weighted by Gasteiger charge is -2.27. The molecule has 0 atom stereocenters. The minimum Gasteiger partial charge on any atom is -0.382 e. The van der Waals surface area contributed by atoms with Gasteiger partial charge in [0.25, 0.3) is 0 Å². The summed E-state index contributed by atoms with van der Waals surface area (Å²) >= 11 is 0. The molecule has 2 fully saturated rings. The van der Waals surface area contributed by atoms with Crippen molar-refractivity contribution in [1.82, 2.24) is 0 Å². The number of anilines is 2. The molecule has 1 amide bonds. The summed E-state index contributed by atoms with van der Waals surface area (Å²) in [6.45, 7) is 0.869. The van der Waals surface area contributed by atoms with Crippen LogP contribution in [-0.2, 0) is 4.79 Å². The number of hydrogen-bond acceptors (Lipinski definition) is 2. The molecule has 0 radical (unpaired) electrons. The van der Waals surface area contributed by atoms with Crippen LogP contribution in [0.15, 0.2) is 24.3 Å². The molecular weight excluding hydrogens is 212 g/mol. The molecule has 17 heavy (non-hydrogen) atoms. The van der Waals surface area contributed by atoms with Gasteiger partial charge in [0.2, 0.25) is 5.91 Å². The van der Waals surface area contributed by atoms with E-state index in [2.05, 4.69) is 17.4 Å². The van der Waals surface area contributed by atoms with E-state index in [9.17, 15) is 4.79 Å². The number of carbonyl (C=O) groups excluding carboxylic acids is 1. The lowest BCUT2D eigenvalue weighted by Crippen LogP contribution is -2.27. The third kappa shape index (κ3) is 2.14. The van der Waals surface area contributed by atoms with E-state index in [0.29, 0.717) is 12.5 Å². The maximum atomic E-state index is 11.6. The second kappa shape index (κ2) is 4.40. The van der Waals surface area contributed by atoms with Crippen molar-refractivity contribution in [2.75, 3.05) is 16.8 Å². The van der Waals surface area contributed by atoms with Crippen LogP contribution in [0.2, 0.25) is 0 Å². The zero-order valence-corrected chi connectivity index (χ0v) is 9.98. The molecule has 0 bridgehead atoms. The molecule has 0 aromatic heterocycles. The third-order valence-electron chi connectivity index (χ3n) is 3.73. The first-order chi connectivity index (χ1) is 8.33. The summed E-state index contributed by atoms with van der Waals surface area (Å²) in [7, 11) is 0. The van der Waals surface area contributed by atoms with Crippen molar-refractivity contribution in [1.29, 1.82) is 0 Å². The van der Waals surface area contributed by atoms with Gasteiger partial charge in [0.15, 0.2) is 0 Å². The normalized spacial score (nSPS) is 20.5. The fourth-order valence-electron chi connectivity index (χ4n) is 2.45. The van der Waals surface area contributed by atoms with Gasteiger partial charge in [-0.1, -0.05) is 0 Å². The van der Waals surface area contributed by atoms with E-state index in [1.165, 1.54) is 24.9 Å². The van der Waals surface area contributed by atoms with E-state index in [1.807, 2.05) is 17.0 Å². The van der Waals surface area contributed by atoms with E-state index >= 15 is 0 Å². The van der Waals surface area contributed by atoms with E-state index in [1.54, 1.807) is 0 Å². The second-order valence-corrected chi connectivity index (χ2v) is 4.97. The van der Waals surface area contributed by atoms with Gasteiger partial charge >= 0.3 is 0 Å². The van der Waals surface area contributed by atoms with Gasteiger partial charge in [-0.25, -0.2) is 0 Å². The van der Waals surface area contributed by atoms with E-state index in [-0.39, 0.29) is 5.91 Å². The highest BCUT2D eigenvalue weighted by atomic mass is 16.2. The molecule has 3 nitrogen and oxygen atoms in total. The largest absolute Gasteiger partial charge is 0.382 e. The maximum Gasteiger partial charge on any atom is 0.227 e. The number of amides is 1. The van der Waals surface area contributed by atoms with Crippen LogP contribution < -0.4 is 10.2 Å². The third-order valence-corrected chi connectivity index (χ3v) is 3.73. The quantitative estimate of drug-likeness (QED) is 0.866. The van der Waals surface area contributed by atoms with E-state index in [4.69, 9.17) is 0 Å². The van der Waals surface area contributed by atoms with Crippen LogP contribution in [0.1, 0.15) is 32.1 Å². The number of hydrogen-bond donors (Lipinski definition) is 1. The zero-order valence-electron chi connectivity index (χ0n) is 9.98. The van der Waals surface area contributed by atoms with Gasteiger partial charge in [-0.2, -0.15) is 0 Å². The molecule has 1 heterocycles. The Kier molecular flexibility index (Phi) is 2.75. The molecule has 3 rings (SSSR count). The number of rotatable bonds is 3. The van der Waals surface area contributed by atoms with Gasteiger partial charge in [0.05, 0.1) is 0 Å². The molecule has 1 N–H and O–H groups in total. The fourth-order valence-corrected chi connectivity index (χ4v) is 2.45. The van der Waals surface area contributed by atoms with Crippen LogP contribution >= 0.6 is 0 Å². The average molecular weight is 230 g/mol. The molecule has 1 aromatic rings. The average Bonchev–Trinajstić information content (AvgIpc) is 2.71. The summed E-state index contributed by atoms with van der Waals surface area (Å²) in [6.07, 6.45) is 5.60. The van der Waals surface area contributed by atoms with Crippen LogP contribution in [0.5, 0.6) is 0 Å². The Balaban J connectivity index is 1.68. The van der Waals surface area contributed by atoms with Gasteiger partial charge in [-0.3, -0.25) is 4.79 Å². The van der Waals surface area contributed by atoms with Crippen LogP contribution in [0.3, 0.4) is 0 Å². The van der Waals surface area contributed by atoms with Crippen molar-refractivity contribution < 1.29 is 4.79 Å². The highest BCUT2D eigenvalue weighted by Gasteiger charge is 2.21. The van der Waals surface area contributed by atoms with Gasteiger partial charge in [0.1, 0.15) is 0 Å². The topological polar surface area (TPSA) is 32.3 Å². The van der Waals surface area contributed by atoms with Crippen molar-refractivity contribution >= 4 is 17.3 Å². The van der Waals surface area contributed by atoms with Crippen molar-refractivity contribution in [3.05, 3.63) is 24.3 Å². The Morgan fingerprint density at radius 2 is 1.88 bits per heavy atom. The Hall–Kier alpha value is -1.51. The number of carbonyl (C=O) groups is 1. The first-order valence-corrected chi connectivity index (χ1v) is 6.50. The molecule has 0 unspecified atom stereocenters. The SMILES string of the molecule is O=C1CCCN1c1ccc(NC2CCC2)cc1. The molecule has 90 valence electrons. The molecule has 1 aromatic carbocycles. The minimum absolute atomic E-state index is 0.254. The highest BCUT2D eigenvalue weighted by molar-refractivity contribution is 5.95. The summed E-state index contributed by atoms with van der Waals surface area (Å²) < 4.78 is 0. The van der Waals surface area contributed by atoms with Gasteiger partial charge < -0.3 is 10.2 Å². The standard InChI is InChI=1S/C14H18N2O/c17-14-5-2-10-16(14)13-8-6-12(7-9-13)15-11-3-1-4-11/h6-9,11,15H,1-5,10H2. The predicted molar refractivity (Wildman–Crippen MR) is 69.3 cm³/mol. The fraction of sp³-hybridized carbons (Fsp3) is 0.500. The molecule has 1 aliphatic carbocycles. The van der Waals surface area contributed by atoms with Gasteiger partial charge in [-0.15, -0.1) is 0 Å². The zero-order chi connectivity index (χ0) is 11.7. The summed E-state index contributed by atoms with van der Waals surface area (Å²) in [5, 5.41) is 3.50. The van der Waals surface area contributed by atoms with Crippen molar-refractivity contribution in [3.8, 4) is 0 Å². The smallest absolute Gasteiger partial charge is 0.227 e. The molecule has 1 saturated carbocycles. The van der Waals surface area contributed by atoms with Gasteiger partial charge in [-0.05, 0) is 49.9 Å². The molecule has 1 saturated heterocycles. The predicted octanol–water partition coefficient (Wildman–Crippen LogP) is 2.78. The number of nitrogens with one attached hydrogen (secondary N) is 1. The van der Waals surface area contributed by atoms with Gasteiger partial charge in [0, 0.05) is 30.4 Å². The summed E-state index contributed by atoms with van der Waals surface area (Å²) in [6, 6.07) is 8.92. The number of benzene rings is 1. The first-order valence-electron chi connectivity index (χ1n) is 6.50. The first kappa shape index (κ1) is 10.6. The van der Waals surface area contributed by atoms with Crippen molar-refractivity contribution in [2.24, 2.45) is 0 Å². The number of nitrogens with zero attached hydrogens (tertiary/aromatic N) is 1. The van der Waals surface area contributed by atoms with Crippen LogP contribution in [0, 0.1) is 0 Å². The van der Waals surface area contributed by atoms with E-state index < -0.39 is 0 Å². The minimum atomic E-state index is 0.254. The van der Waals surface area contributed by atoms with Crippen LogP contribution in [-0.4, -0.2) is 18.5 Å². The maximum absolute atomic E-state index is 11.6. The molecule has 2 aliphatic rings. The van der Waals surface area contributed by atoms with Crippen LogP contribution in [0.4, 0.5) is 11.4 Å². The lowest BCUT2D eigenvalue weighted by atomic mass is 9.93. The molecular formula is C14H18N2O. The van der Waals surface area contributed by atoms with Crippen molar-refractivity contribution in [2.45, 2.75) is 38.1 Å². The summed E-state index contributed by atoms with van der Waals surface area (Å²) in [5.74, 6) is 0.254. The Morgan fingerprint density at radius 3 is 2.41 bits per heavy atom. The molecule has 0 spiro atoms. The monoisotopic (exact) mass is 230 g/mol. The highest BCUT2D eigenvalue weighted by Crippen LogP contribution is 2.26.